The molecule has 4 heterocycles. The number of aryl methyl sites for hydroxylation is 11. The lowest BCUT2D eigenvalue weighted by Gasteiger charge is -2.20. The third kappa shape index (κ3) is 7.88. The van der Waals surface area contributed by atoms with Gasteiger partial charge in [-0.25, -0.2) is 0 Å². The van der Waals surface area contributed by atoms with Gasteiger partial charge in [-0.1, -0.05) is 103 Å². The number of pyridine rings is 4. The summed E-state index contributed by atoms with van der Waals surface area (Å²) in [5.74, 6) is 0. The van der Waals surface area contributed by atoms with Gasteiger partial charge in [-0.2, -0.15) is 0 Å². The van der Waals surface area contributed by atoms with E-state index in [0.29, 0.717) is 0 Å². The first-order chi connectivity index (χ1) is 29.0. The number of nitrogens with zero attached hydrogens (tertiary/aromatic N) is 4. The van der Waals surface area contributed by atoms with Crippen molar-refractivity contribution in [3.63, 3.8) is 0 Å². The van der Waals surface area contributed by atoms with E-state index in [-0.39, 0.29) is 0 Å². The average molecular weight is 767 g/mol. The van der Waals surface area contributed by atoms with Crippen LogP contribution in [0.1, 0.15) is 61.2 Å². The molecular formula is C55H50N4. The standard InChI is InChI=1S/3C14H13N.C13H11N/c3*1-10-4-2-5-11-7-8-12-6-3-9-15-14(12)13(10)11;1-2-6-12-10(4-1)7-8-11-5-3-9-14-13(11)12/h3*2-6,9H,7-8H2,1H3;1-6,9H,7-8H2. The van der Waals surface area contributed by atoms with E-state index in [9.17, 15) is 0 Å². The fraction of sp³-hybridized carbons (Fsp3) is 0.200. The SMILES string of the molecule is Cc1cccc2c1-c1ncccc1CC2.Cc1cccc2c1-c1ncccc1CC2.Cc1cccc2c1-c1ncccc1CC2.c1ccc2c(c1)CCc1cccnc1-2. The highest BCUT2D eigenvalue weighted by Gasteiger charge is 2.20. The minimum atomic E-state index is 1.12. The van der Waals surface area contributed by atoms with Crippen LogP contribution in [0.2, 0.25) is 0 Å². The zero-order chi connectivity index (χ0) is 40.1. The molecule has 0 atom stereocenters. The van der Waals surface area contributed by atoms with Crippen molar-refractivity contribution in [3.05, 3.63) is 213 Å². The quantitative estimate of drug-likeness (QED) is 0.154. The van der Waals surface area contributed by atoms with Crippen molar-refractivity contribution in [2.24, 2.45) is 0 Å². The van der Waals surface area contributed by atoms with Gasteiger partial charge >= 0.3 is 0 Å². The van der Waals surface area contributed by atoms with E-state index in [1.54, 1.807) is 0 Å². The van der Waals surface area contributed by atoms with Gasteiger partial charge in [0.15, 0.2) is 0 Å². The van der Waals surface area contributed by atoms with Crippen LogP contribution in [0.4, 0.5) is 0 Å². The molecule has 0 unspecified atom stereocenters. The molecular weight excluding hydrogens is 717 g/mol. The molecule has 12 rings (SSSR count). The maximum absolute atomic E-state index is 4.52. The summed E-state index contributed by atoms with van der Waals surface area (Å²) >= 11 is 0. The largest absolute Gasteiger partial charge is 0.256 e. The molecule has 0 saturated heterocycles. The van der Waals surface area contributed by atoms with Crippen LogP contribution in [0, 0.1) is 20.8 Å². The van der Waals surface area contributed by atoms with E-state index < -0.39 is 0 Å². The van der Waals surface area contributed by atoms with Gasteiger partial charge in [0.25, 0.3) is 0 Å². The summed E-state index contributed by atoms with van der Waals surface area (Å²) in [7, 11) is 0. The molecule has 8 aromatic rings. The lowest BCUT2D eigenvalue weighted by Crippen LogP contribution is -2.06. The smallest absolute Gasteiger partial charge is 0.0739 e. The molecule has 59 heavy (non-hydrogen) atoms. The van der Waals surface area contributed by atoms with Crippen LogP contribution in [0.25, 0.3) is 45.0 Å². The molecule has 0 amide bonds. The maximum Gasteiger partial charge on any atom is 0.0739 e. The van der Waals surface area contributed by atoms with Crippen LogP contribution in [0.3, 0.4) is 0 Å². The molecule has 4 nitrogen and oxygen atoms in total. The number of hydrogen-bond donors (Lipinski definition) is 0. The van der Waals surface area contributed by atoms with Gasteiger partial charge < -0.3 is 0 Å². The maximum atomic E-state index is 4.52. The lowest BCUT2D eigenvalue weighted by atomic mass is 9.86. The first kappa shape index (κ1) is 38.0. The summed E-state index contributed by atoms with van der Waals surface area (Å²) in [5, 5.41) is 0. The van der Waals surface area contributed by atoms with E-state index in [2.05, 4.69) is 144 Å². The highest BCUT2D eigenvalue weighted by atomic mass is 14.7. The van der Waals surface area contributed by atoms with Gasteiger partial charge in [0.05, 0.1) is 22.8 Å². The molecule has 0 radical (unpaired) electrons. The second-order valence-corrected chi connectivity index (χ2v) is 16.0. The Morgan fingerprint density at radius 3 is 0.966 bits per heavy atom. The third-order valence-corrected chi connectivity index (χ3v) is 12.3. The summed E-state index contributed by atoms with van der Waals surface area (Å²) in [6.07, 6.45) is 16.6. The molecule has 0 bridgehead atoms. The average Bonchev–Trinajstić information content (AvgIpc) is 3.29. The highest BCUT2D eigenvalue weighted by molar-refractivity contribution is 5.75. The van der Waals surface area contributed by atoms with Crippen LogP contribution in [0.15, 0.2) is 152 Å². The third-order valence-electron chi connectivity index (χ3n) is 12.3. The molecule has 0 saturated carbocycles. The first-order valence-electron chi connectivity index (χ1n) is 21.1. The van der Waals surface area contributed by atoms with Crippen LogP contribution in [0.5, 0.6) is 0 Å². The van der Waals surface area contributed by atoms with E-state index in [0.717, 1.165) is 51.4 Å². The Bertz CT molecular complexity index is 2510. The van der Waals surface area contributed by atoms with E-state index in [1.165, 1.54) is 106 Å². The molecule has 4 aliphatic rings. The Morgan fingerprint density at radius 2 is 0.559 bits per heavy atom. The molecule has 4 aliphatic carbocycles. The van der Waals surface area contributed by atoms with Crippen molar-refractivity contribution in [2.45, 2.75) is 72.1 Å². The number of rotatable bonds is 0. The fourth-order valence-electron chi connectivity index (χ4n) is 9.35. The summed E-state index contributed by atoms with van der Waals surface area (Å²) in [5.41, 5.74) is 25.5. The van der Waals surface area contributed by atoms with Crippen molar-refractivity contribution < 1.29 is 0 Å². The number of fused-ring (bicyclic) bond motifs is 12. The van der Waals surface area contributed by atoms with Crippen LogP contribution >= 0.6 is 0 Å². The van der Waals surface area contributed by atoms with Gasteiger partial charge in [-0.05, 0) is 158 Å². The zero-order valence-corrected chi connectivity index (χ0v) is 34.4. The zero-order valence-electron chi connectivity index (χ0n) is 34.4. The Morgan fingerprint density at radius 1 is 0.271 bits per heavy atom. The predicted octanol–water partition coefficient (Wildman–Crippen LogP) is 12.3. The van der Waals surface area contributed by atoms with Gasteiger partial charge in [0.2, 0.25) is 0 Å². The Balaban J connectivity index is 0.000000101. The minimum absolute atomic E-state index is 1.12. The van der Waals surface area contributed by atoms with Crippen molar-refractivity contribution in [3.8, 4) is 45.0 Å². The molecule has 0 aliphatic heterocycles. The molecule has 290 valence electrons. The normalized spacial score (nSPS) is 13.1. The number of aromatic nitrogens is 4. The fourth-order valence-corrected chi connectivity index (χ4v) is 9.35. The monoisotopic (exact) mass is 766 g/mol. The van der Waals surface area contributed by atoms with Crippen molar-refractivity contribution >= 4 is 0 Å². The van der Waals surface area contributed by atoms with E-state index in [1.807, 2.05) is 49.1 Å². The van der Waals surface area contributed by atoms with Crippen molar-refractivity contribution in [1.29, 1.82) is 0 Å². The van der Waals surface area contributed by atoms with Crippen LogP contribution < -0.4 is 0 Å². The molecule has 4 aromatic carbocycles. The van der Waals surface area contributed by atoms with Crippen LogP contribution in [-0.4, -0.2) is 19.9 Å². The predicted molar refractivity (Wildman–Crippen MR) is 243 cm³/mol. The molecule has 0 fully saturated rings. The summed E-state index contributed by atoms with van der Waals surface area (Å²) in [4.78, 5) is 18.0. The number of hydrogen-bond acceptors (Lipinski definition) is 4. The second kappa shape index (κ2) is 17.1. The highest BCUT2D eigenvalue weighted by Crippen LogP contribution is 2.36. The van der Waals surface area contributed by atoms with Crippen molar-refractivity contribution in [1.82, 2.24) is 19.9 Å². The van der Waals surface area contributed by atoms with Gasteiger partial charge in [0, 0.05) is 47.0 Å². The lowest BCUT2D eigenvalue weighted by molar-refractivity contribution is 0.924. The second-order valence-electron chi connectivity index (χ2n) is 16.0. The van der Waals surface area contributed by atoms with Crippen molar-refractivity contribution in [2.75, 3.05) is 0 Å². The first-order valence-corrected chi connectivity index (χ1v) is 21.1. The molecule has 0 N–H and O–H groups in total. The Labute approximate surface area is 349 Å². The molecule has 4 aromatic heterocycles. The van der Waals surface area contributed by atoms with Gasteiger partial charge in [-0.15, -0.1) is 0 Å². The topological polar surface area (TPSA) is 51.6 Å². The van der Waals surface area contributed by atoms with E-state index in [4.69, 9.17) is 0 Å². The Hall–Kier alpha value is -6.52. The van der Waals surface area contributed by atoms with Gasteiger partial charge in [-0.3, -0.25) is 19.9 Å². The Kier molecular flexibility index (Phi) is 11.0. The summed E-state index contributed by atoms with van der Waals surface area (Å²) < 4.78 is 0. The minimum Gasteiger partial charge on any atom is -0.256 e. The summed E-state index contributed by atoms with van der Waals surface area (Å²) in [6, 6.07) is 45.0. The van der Waals surface area contributed by atoms with Gasteiger partial charge in [0.1, 0.15) is 0 Å². The van der Waals surface area contributed by atoms with E-state index >= 15 is 0 Å². The molecule has 4 heteroatoms. The van der Waals surface area contributed by atoms with Crippen LogP contribution in [-0.2, 0) is 51.4 Å². The molecule has 0 spiro atoms. The number of benzene rings is 4. The summed E-state index contributed by atoms with van der Waals surface area (Å²) in [6.45, 7) is 6.51.